The van der Waals surface area contributed by atoms with Gasteiger partial charge in [-0.25, -0.2) is 0 Å². The van der Waals surface area contributed by atoms with Gasteiger partial charge in [-0.1, -0.05) is 11.6 Å². The molecular formula is C15H22ClN3. The zero-order chi connectivity index (χ0) is 13.3. The Kier molecular flexibility index (Phi) is 2.56. The number of rotatable bonds is 3. The van der Waals surface area contributed by atoms with E-state index in [1.54, 1.807) is 4.68 Å². The maximum Gasteiger partial charge on any atom is 0.130 e. The van der Waals surface area contributed by atoms with Gasteiger partial charge in [0.1, 0.15) is 5.15 Å². The van der Waals surface area contributed by atoms with Crippen molar-refractivity contribution in [3.8, 4) is 0 Å². The standard InChI is InChI=1S/C15H22ClN3/c1-7-10(15(16)19(2)18-7)6-11(17)14-12-8-3-4-9(5-8)13(12)14/h8-9,11-14H,3-6,17H2,1-2H3. The summed E-state index contributed by atoms with van der Waals surface area (Å²) in [5.41, 5.74) is 8.70. The van der Waals surface area contributed by atoms with Gasteiger partial charge < -0.3 is 5.73 Å². The Bertz CT molecular complexity index is 508. The summed E-state index contributed by atoms with van der Waals surface area (Å²) in [6.07, 6.45) is 5.31. The molecule has 2 N–H and O–H groups in total. The van der Waals surface area contributed by atoms with Gasteiger partial charge in [0.2, 0.25) is 0 Å². The van der Waals surface area contributed by atoms with Crippen LogP contribution in [0.4, 0.5) is 0 Å². The lowest BCUT2D eigenvalue weighted by atomic mass is 9.94. The molecule has 0 radical (unpaired) electrons. The second-order valence-electron chi connectivity index (χ2n) is 6.91. The lowest BCUT2D eigenvalue weighted by Gasteiger charge is -2.16. The van der Waals surface area contributed by atoms with Crippen LogP contribution in [0, 0.1) is 36.5 Å². The summed E-state index contributed by atoms with van der Waals surface area (Å²) in [5.74, 6) is 4.66. The van der Waals surface area contributed by atoms with Crippen molar-refractivity contribution in [3.63, 3.8) is 0 Å². The third-order valence-electron chi connectivity index (χ3n) is 6.00. The first kappa shape index (κ1) is 12.2. The van der Waals surface area contributed by atoms with E-state index in [0.29, 0.717) is 0 Å². The largest absolute Gasteiger partial charge is 0.327 e. The van der Waals surface area contributed by atoms with Crippen LogP contribution >= 0.6 is 11.6 Å². The van der Waals surface area contributed by atoms with Crippen LogP contribution in [0.1, 0.15) is 30.5 Å². The van der Waals surface area contributed by atoms with Gasteiger partial charge >= 0.3 is 0 Å². The normalized spacial score (nSPS) is 40.5. The van der Waals surface area contributed by atoms with Crippen molar-refractivity contribution in [2.45, 2.75) is 38.6 Å². The van der Waals surface area contributed by atoms with E-state index in [9.17, 15) is 0 Å². The number of nitrogens with two attached hydrogens (primary N) is 1. The predicted molar refractivity (Wildman–Crippen MR) is 75.9 cm³/mol. The molecule has 1 aromatic rings. The summed E-state index contributed by atoms with van der Waals surface area (Å²) in [4.78, 5) is 0. The minimum atomic E-state index is 0.277. The van der Waals surface area contributed by atoms with Crippen molar-refractivity contribution >= 4 is 11.6 Å². The summed E-state index contributed by atoms with van der Waals surface area (Å²) in [6, 6.07) is 0.277. The Balaban J connectivity index is 1.50. The second kappa shape index (κ2) is 3.98. The molecule has 0 saturated heterocycles. The van der Waals surface area contributed by atoms with Crippen LogP contribution < -0.4 is 5.73 Å². The van der Waals surface area contributed by atoms with Gasteiger partial charge in [-0.15, -0.1) is 0 Å². The first-order valence-corrected chi connectivity index (χ1v) is 7.89. The Hall–Kier alpha value is -0.540. The SMILES string of the molecule is Cc1nn(C)c(Cl)c1CC(N)C1C2C3CCC(C3)C12. The molecule has 0 aromatic carbocycles. The quantitative estimate of drug-likeness (QED) is 0.924. The summed E-state index contributed by atoms with van der Waals surface area (Å²) in [6.45, 7) is 2.03. The lowest BCUT2D eigenvalue weighted by Crippen LogP contribution is -2.28. The highest BCUT2D eigenvalue weighted by Gasteiger charge is 2.66. The van der Waals surface area contributed by atoms with Crippen LogP contribution in [0.25, 0.3) is 0 Å². The highest BCUT2D eigenvalue weighted by Crippen LogP contribution is 2.70. The molecule has 3 fully saturated rings. The maximum absolute atomic E-state index is 6.50. The van der Waals surface area contributed by atoms with Gasteiger partial charge in [-0.2, -0.15) is 5.10 Å². The first-order valence-electron chi connectivity index (χ1n) is 7.51. The van der Waals surface area contributed by atoms with Gasteiger partial charge in [0.15, 0.2) is 0 Å². The van der Waals surface area contributed by atoms with Gasteiger partial charge in [0, 0.05) is 18.7 Å². The van der Waals surface area contributed by atoms with E-state index in [4.69, 9.17) is 17.3 Å². The summed E-state index contributed by atoms with van der Waals surface area (Å²) in [7, 11) is 1.90. The molecule has 0 amide bonds. The number of nitrogens with zero attached hydrogens (tertiary/aromatic N) is 2. The molecule has 1 heterocycles. The van der Waals surface area contributed by atoms with E-state index in [0.717, 1.165) is 52.4 Å². The third kappa shape index (κ3) is 1.64. The zero-order valence-electron chi connectivity index (χ0n) is 11.6. The molecule has 2 bridgehead atoms. The van der Waals surface area contributed by atoms with E-state index in [1.807, 2.05) is 14.0 Å². The fourth-order valence-electron chi connectivity index (χ4n) is 5.24. The molecule has 5 unspecified atom stereocenters. The number of aromatic nitrogens is 2. The molecule has 5 atom stereocenters. The van der Waals surface area contributed by atoms with Gasteiger partial charge in [-0.05, 0) is 62.2 Å². The molecule has 104 valence electrons. The molecule has 3 aliphatic rings. The fraction of sp³-hybridized carbons (Fsp3) is 0.800. The van der Waals surface area contributed by atoms with Crippen LogP contribution in [0.5, 0.6) is 0 Å². The van der Waals surface area contributed by atoms with Crippen molar-refractivity contribution in [2.75, 3.05) is 0 Å². The average molecular weight is 280 g/mol. The lowest BCUT2D eigenvalue weighted by molar-refractivity contribution is 0.409. The van der Waals surface area contributed by atoms with Crippen molar-refractivity contribution in [1.82, 2.24) is 9.78 Å². The molecule has 3 aliphatic carbocycles. The number of hydrogen-bond donors (Lipinski definition) is 1. The molecule has 4 heteroatoms. The van der Waals surface area contributed by atoms with Gasteiger partial charge in [-0.3, -0.25) is 4.68 Å². The van der Waals surface area contributed by atoms with Crippen LogP contribution in [0.3, 0.4) is 0 Å². The van der Waals surface area contributed by atoms with E-state index < -0.39 is 0 Å². The third-order valence-corrected chi connectivity index (χ3v) is 6.47. The Morgan fingerprint density at radius 2 is 2.00 bits per heavy atom. The average Bonchev–Trinajstić information content (AvgIpc) is 2.70. The highest BCUT2D eigenvalue weighted by atomic mass is 35.5. The minimum absolute atomic E-state index is 0.277. The van der Waals surface area contributed by atoms with Gasteiger partial charge in [0.05, 0.1) is 5.69 Å². The zero-order valence-corrected chi connectivity index (χ0v) is 12.4. The number of halogens is 1. The fourth-order valence-corrected chi connectivity index (χ4v) is 5.49. The van der Waals surface area contributed by atoms with Crippen LogP contribution in [0.2, 0.25) is 5.15 Å². The Morgan fingerprint density at radius 3 is 2.53 bits per heavy atom. The Labute approximate surface area is 119 Å². The summed E-state index contributed by atoms with van der Waals surface area (Å²) in [5, 5.41) is 5.15. The van der Waals surface area contributed by atoms with E-state index in [2.05, 4.69) is 5.10 Å². The molecule has 1 aromatic heterocycles. The maximum atomic E-state index is 6.50. The van der Waals surface area contributed by atoms with E-state index >= 15 is 0 Å². The Morgan fingerprint density at radius 1 is 1.37 bits per heavy atom. The summed E-state index contributed by atoms with van der Waals surface area (Å²) < 4.78 is 1.76. The molecule has 0 aliphatic heterocycles. The van der Waals surface area contributed by atoms with Crippen LogP contribution in [-0.4, -0.2) is 15.8 Å². The van der Waals surface area contributed by atoms with Crippen LogP contribution in [-0.2, 0) is 13.5 Å². The highest BCUT2D eigenvalue weighted by molar-refractivity contribution is 6.30. The second-order valence-corrected chi connectivity index (χ2v) is 7.27. The molecule has 19 heavy (non-hydrogen) atoms. The van der Waals surface area contributed by atoms with Gasteiger partial charge in [0.25, 0.3) is 0 Å². The molecule has 3 saturated carbocycles. The molecular weight excluding hydrogens is 258 g/mol. The van der Waals surface area contributed by atoms with Crippen molar-refractivity contribution < 1.29 is 0 Å². The number of fused-ring (bicyclic) bond motifs is 5. The van der Waals surface area contributed by atoms with Crippen LogP contribution in [0.15, 0.2) is 0 Å². The first-order chi connectivity index (χ1) is 9.08. The number of hydrogen-bond acceptors (Lipinski definition) is 2. The number of aryl methyl sites for hydroxylation is 2. The monoisotopic (exact) mass is 279 g/mol. The van der Waals surface area contributed by atoms with E-state index in [1.165, 1.54) is 19.3 Å². The molecule has 0 spiro atoms. The van der Waals surface area contributed by atoms with Crippen molar-refractivity contribution in [3.05, 3.63) is 16.4 Å². The molecule has 3 nitrogen and oxygen atoms in total. The van der Waals surface area contributed by atoms with Crippen molar-refractivity contribution in [1.29, 1.82) is 0 Å². The van der Waals surface area contributed by atoms with E-state index in [-0.39, 0.29) is 6.04 Å². The smallest absolute Gasteiger partial charge is 0.130 e. The van der Waals surface area contributed by atoms with Crippen molar-refractivity contribution in [2.24, 2.45) is 42.4 Å². The predicted octanol–water partition coefficient (Wildman–Crippen LogP) is 2.54. The minimum Gasteiger partial charge on any atom is -0.327 e. The topological polar surface area (TPSA) is 43.8 Å². The molecule has 4 rings (SSSR count). The summed E-state index contributed by atoms with van der Waals surface area (Å²) >= 11 is 6.32.